The SMILES string of the molecule is CN(C)N1C(=O)CNC1=S. The number of nitrogens with one attached hydrogen (secondary N) is 1. The van der Waals surface area contributed by atoms with Crippen LogP contribution in [0.15, 0.2) is 0 Å². The highest BCUT2D eigenvalue weighted by atomic mass is 32.1. The first-order valence-electron chi connectivity index (χ1n) is 2.91. The van der Waals surface area contributed by atoms with Gasteiger partial charge in [0.1, 0.15) is 0 Å². The molecule has 0 saturated carbocycles. The number of hydrogen-bond acceptors (Lipinski definition) is 3. The summed E-state index contributed by atoms with van der Waals surface area (Å²) in [5, 5.41) is 6.33. The number of rotatable bonds is 1. The molecule has 0 radical (unpaired) electrons. The summed E-state index contributed by atoms with van der Waals surface area (Å²) in [7, 11) is 3.55. The van der Waals surface area contributed by atoms with Crippen LogP contribution in [-0.4, -0.2) is 41.7 Å². The predicted octanol–water partition coefficient (Wildman–Crippen LogP) is -0.820. The first-order valence-corrected chi connectivity index (χ1v) is 3.32. The standard InChI is InChI=1S/C5H9N3OS/c1-7(2)8-4(9)3-6-5(8)10/h3H2,1-2H3,(H,6,10). The molecule has 56 valence electrons. The van der Waals surface area contributed by atoms with E-state index in [-0.39, 0.29) is 5.91 Å². The zero-order valence-electron chi connectivity index (χ0n) is 5.92. The van der Waals surface area contributed by atoms with Crippen LogP contribution >= 0.6 is 12.2 Å². The Balaban J connectivity index is 2.72. The van der Waals surface area contributed by atoms with Gasteiger partial charge in [0.2, 0.25) is 0 Å². The van der Waals surface area contributed by atoms with Gasteiger partial charge in [0, 0.05) is 14.1 Å². The number of hydrazine groups is 1. The van der Waals surface area contributed by atoms with Gasteiger partial charge < -0.3 is 5.32 Å². The summed E-state index contributed by atoms with van der Waals surface area (Å²) in [6.45, 7) is 0.316. The lowest BCUT2D eigenvalue weighted by Gasteiger charge is -2.21. The summed E-state index contributed by atoms with van der Waals surface area (Å²) in [5.41, 5.74) is 0. The molecule has 4 nitrogen and oxygen atoms in total. The lowest BCUT2D eigenvalue weighted by atomic mass is 10.6. The molecule has 10 heavy (non-hydrogen) atoms. The van der Waals surface area contributed by atoms with Crippen LogP contribution in [0.2, 0.25) is 0 Å². The van der Waals surface area contributed by atoms with Crippen molar-refractivity contribution in [3.63, 3.8) is 0 Å². The molecule has 1 heterocycles. The van der Waals surface area contributed by atoms with Crippen molar-refractivity contribution < 1.29 is 4.79 Å². The first kappa shape index (κ1) is 7.43. The summed E-state index contributed by atoms with van der Waals surface area (Å²) in [6.07, 6.45) is 0. The Morgan fingerprint density at radius 1 is 1.70 bits per heavy atom. The van der Waals surface area contributed by atoms with E-state index in [1.54, 1.807) is 19.1 Å². The van der Waals surface area contributed by atoms with Crippen LogP contribution in [-0.2, 0) is 4.79 Å². The number of nitrogens with zero attached hydrogens (tertiary/aromatic N) is 2. The number of carbonyl (C=O) groups is 1. The van der Waals surface area contributed by atoms with Gasteiger partial charge in [-0.1, -0.05) is 0 Å². The molecule has 0 bridgehead atoms. The van der Waals surface area contributed by atoms with Gasteiger partial charge in [-0.15, -0.1) is 0 Å². The van der Waals surface area contributed by atoms with Gasteiger partial charge in [0.05, 0.1) is 6.54 Å². The predicted molar refractivity (Wildman–Crippen MR) is 41.1 cm³/mol. The van der Waals surface area contributed by atoms with E-state index in [2.05, 4.69) is 5.32 Å². The van der Waals surface area contributed by atoms with Crippen molar-refractivity contribution >= 4 is 23.2 Å². The maximum absolute atomic E-state index is 11.0. The zero-order valence-corrected chi connectivity index (χ0v) is 6.73. The third-order valence-electron chi connectivity index (χ3n) is 1.22. The maximum Gasteiger partial charge on any atom is 0.262 e. The average molecular weight is 159 g/mol. The van der Waals surface area contributed by atoms with E-state index < -0.39 is 0 Å². The normalized spacial score (nSPS) is 18.5. The van der Waals surface area contributed by atoms with E-state index in [1.807, 2.05) is 0 Å². The highest BCUT2D eigenvalue weighted by Gasteiger charge is 2.26. The summed E-state index contributed by atoms with van der Waals surface area (Å²) in [5.74, 6) is -0.00463. The molecule has 0 spiro atoms. The van der Waals surface area contributed by atoms with Crippen LogP contribution in [0.3, 0.4) is 0 Å². The molecule has 5 heteroatoms. The minimum Gasteiger partial charge on any atom is -0.352 e. The number of amides is 1. The minimum atomic E-state index is -0.00463. The van der Waals surface area contributed by atoms with Crippen molar-refractivity contribution in [3.05, 3.63) is 0 Å². The van der Waals surface area contributed by atoms with Gasteiger partial charge >= 0.3 is 0 Å². The fraction of sp³-hybridized carbons (Fsp3) is 0.600. The van der Waals surface area contributed by atoms with Crippen molar-refractivity contribution in [2.24, 2.45) is 0 Å². The van der Waals surface area contributed by atoms with E-state index in [4.69, 9.17) is 12.2 Å². The molecular weight excluding hydrogens is 150 g/mol. The number of hydrogen-bond donors (Lipinski definition) is 1. The Morgan fingerprint density at radius 3 is 2.50 bits per heavy atom. The van der Waals surface area contributed by atoms with Crippen molar-refractivity contribution in [3.8, 4) is 0 Å². The van der Waals surface area contributed by atoms with Crippen LogP contribution < -0.4 is 5.32 Å². The maximum atomic E-state index is 11.0. The van der Waals surface area contributed by atoms with Crippen LogP contribution in [0.5, 0.6) is 0 Å². The topological polar surface area (TPSA) is 35.6 Å². The van der Waals surface area contributed by atoms with Gasteiger partial charge in [0.15, 0.2) is 5.11 Å². The molecule has 0 aromatic heterocycles. The van der Waals surface area contributed by atoms with Gasteiger partial charge in [-0.25, -0.2) is 10.0 Å². The second-order valence-corrected chi connectivity index (χ2v) is 2.60. The highest BCUT2D eigenvalue weighted by Crippen LogP contribution is 1.99. The monoisotopic (exact) mass is 159 g/mol. The number of carbonyl (C=O) groups excluding carboxylic acids is 1. The third kappa shape index (κ3) is 1.10. The molecule has 0 aromatic carbocycles. The van der Waals surface area contributed by atoms with E-state index in [9.17, 15) is 4.79 Å². The quantitative estimate of drug-likeness (QED) is 0.507. The fourth-order valence-corrected chi connectivity index (χ4v) is 1.16. The van der Waals surface area contributed by atoms with Crippen molar-refractivity contribution in [1.29, 1.82) is 0 Å². The molecule has 0 aliphatic carbocycles. The van der Waals surface area contributed by atoms with Gasteiger partial charge in [-0.05, 0) is 12.2 Å². The molecule has 1 aliphatic rings. The zero-order chi connectivity index (χ0) is 7.72. The average Bonchev–Trinajstić information content (AvgIpc) is 2.11. The van der Waals surface area contributed by atoms with Crippen molar-refractivity contribution in [2.75, 3.05) is 20.6 Å². The Hall–Kier alpha value is -0.680. The first-order chi connectivity index (χ1) is 4.63. The van der Waals surface area contributed by atoms with Crippen LogP contribution in [0, 0.1) is 0 Å². The lowest BCUT2D eigenvalue weighted by Crippen LogP contribution is -2.41. The van der Waals surface area contributed by atoms with Crippen molar-refractivity contribution in [2.45, 2.75) is 0 Å². The summed E-state index contributed by atoms with van der Waals surface area (Å²) >= 11 is 4.85. The molecule has 1 amide bonds. The second-order valence-electron chi connectivity index (χ2n) is 2.21. The fourth-order valence-electron chi connectivity index (χ4n) is 0.819. The van der Waals surface area contributed by atoms with E-state index >= 15 is 0 Å². The third-order valence-corrected chi connectivity index (χ3v) is 1.54. The molecule has 0 atom stereocenters. The minimum absolute atomic E-state index is 0.00463. The summed E-state index contributed by atoms with van der Waals surface area (Å²) in [6, 6.07) is 0. The van der Waals surface area contributed by atoms with E-state index in [0.717, 1.165) is 0 Å². The van der Waals surface area contributed by atoms with Gasteiger partial charge in [-0.3, -0.25) is 4.79 Å². The Kier molecular flexibility index (Phi) is 1.87. The smallest absolute Gasteiger partial charge is 0.262 e. The van der Waals surface area contributed by atoms with E-state index in [1.165, 1.54) is 5.01 Å². The molecule has 1 saturated heterocycles. The molecule has 1 rings (SSSR count). The van der Waals surface area contributed by atoms with Crippen LogP contribution in [0.25, 0.3) is 0 Å². The molecule has 0 unspecified atom stereocenters. The Labute approximate surface area is 64.8 Å². The van der Waals surface area contributed by atoms with Gasteiger partial charge in [0.25, 0.3) is 5.91 Å². The largest absolute Gasteiger partial charge is 0.352 e. The summed E-state index contributed by atoms with van der Waals surface area (Å²) < 4.78 is 0. The van der Waals surface area contributed by atoms with Gasteiger partial charge in [-0.2, -0.15) is 0 Å². The molecule has 1 aliphatic heterocycles. The van der Waals surface area contributed by atoms with Crippen LogP contribution in [0.4, 0.5) is 0 Å². The van der Waals surface area contributed by atoms with E-state index in [0.29, 0.717) is 11.7 Å². The highest BCUT2D eigenvalue weighted by molar-refractivity contribution is 7.80. The van der Waals surface area contributed by atoms with Crippen LogP contribution in [0.1, 0.15) is 0 Å². The summed E-state index contributed by atoms with van der Waals surface area (Å²) in [4.78, 5) is 11.0. The Bertz CT molecular complexity index is 164. The Morgan fingerprint density at radius 2 is 2.30 bits per heavy atom. The van der Waals surface area contributed by atoms with Crippen molar-refractivity contribution in [1.82, 2.24) is 15.3 Å². The molecule has 0 aromatic rings. The second kappa shape index (κ2) is 2.51. The molecular formula is C5H9N3OS. The lowest BCUT2D eigenvalue weighted by molar-refractivity contribution is -0.132. The molecule has 1 fully saturated rings. The molecule has 1 N–H and O–H groups in total. The number of thiocarbonyl (C=S) groups is 1.